The van der Waals surface area contributed by atoms with Crippen LogP contribution in [0.5, 0.6) is 5.75 Å². The average molecular weight is 286 g/mol. The van der Waals surface area contributed by atoms with Gasteiger partial charge >= 0.3 is 5.97 Å². The molecule has 5 N–H and O–H groups in total. The summed E-state index contributed by atoms with van der Waals surface area (Å²) >= 11 is 0. The number of hydrogen-bond donors (Lipinski definition) is 4. The molecule has 2 aromatic carbocycles. The van der Waals surface area contributed by atoms with E-state index in [-0.39, 0.29) is 11.5 Å². The normalized spacial score (nSPS) is 10.1. The van der Waals surface area contributed by atoms with Gasteiger partial charge in [0.25, 0.3) is 5.91 Å². The van der Waals surface area contributed by atoms with Crippen LogP contribution in [0.4, 0.5) is 5.69 Å². The van der Waals surface area contributed by atoms with E-state index in [1.807, 2.05) is 0 Å². The smallest absolute Gasteiger partial charge is 0.339 e. The van der Waals surface area contributed by atoms with E-state index in [0.717, 1.165) is 5.56 Å². The fourth-order valence-electron chi connectivity index (χ4n) is 1.79. The first-order valence-electron chi connectivity index (χ1n) is 6.18. The van der Waals surface area contributed by atoms with Gasteiger partial charge in [0.1, 0.15) is 11.3 Å². The van der Waals surface area contributed by atoms with Gasteiger partial charge in [-0.25, -0.2) is 4.79 Å². The summed E-state index contributed by atoms with van der Waals surface area (Å²) in [5, 5.41) is 21.0. The molecule has 108 valence electrons. The van der Waals surface area contributed by atoms with Crippen molar-refractivity contribution in [1.29, 1.82) is 0 Å². The number of hydrogen-bond acceptors (Lipinski definition) is 4. The minimum Gasteiger partial charge on any atom is -0.507 e. The number of aromatic carboxylic acids is 1. The highest BCUT2D eigenvalue weighted by molar-refractivity contribution is 6.04. The molecule has 1 amide bonds. The summed E-state index contributed by atoms with van der Waals surface area (Å²) in [5.74, 6) is -2.00. The van der Waals surface area contributed by atoms with Gasteiger partial charge in [0.05, 0.1) is 0 Å². The van der Waals surface area contributed by atoms with E-state index >= 15 is 0 Å². The van der Waals surface area contributed by atoms with Crippen molar-refractivity contribution in [2.24, 2.45) is 5.73 Å². The SMILES string of the molecule is NCc1ccc(C(=O)Nc2ccc(C(=O)O)c(O)c2)cc1. The van der Waals surface area contributed by atoms with E-state index < -0.39 is 11.7 Å². The summed E-state index contributed by atoms with van der Waals surface area (Å²) in [6, 6.07) is 10.6. The van der Waals surface area contributed by atoms with Gasteiger partial charge in [-0.3, -0.25) is 4.79 Å². The number of carboxylic acids is 1. The number of phenols is 1. The second-order valence-electron chi connectivity index (χ2n) is 4.39. The molecule has 2 rings (SSSR count). The van der Waals surface area contributed by atoms with Gasteiger partial charge in [-0.15, -0.1) is 0 Å². The summed E-state index contributed by atoms with van der Waals surface area (Å²) in [4.78, 5) is 22.8. The molecule has 0 aliphatic heterocycles. The van der Waals surface area contributed by atoms with Crippen LogP contribution in [0.25, 0.3) is 0 Å². The Hall–Kier alpha value is -2.86. The largest absolute Gasteiger partial charge is 0.507 e. The summed E-state index contributed by atoms with van der Waals surface area (Å²) in [6.45, 7) is 0.395. The molecule has 0 saturated carbocycles. The van der Waals surface area contributed by atoms with Crippen LogP contribution in [0.3, 0.4) is 0 Å². The monoisotopic (exact) mass is 286 g/mol. The molecule has 0 atom stereocenters. The molecular formula is C15H14N2O4. The van der Waals surface area contributed by atoms with Gasteiger partial charge in [0.2, 0.25) is 0 Å². The second kappa shape index (κ2) is 6.06. The maximum Gasteiger partial charge on any atom is 0.339 e. The van der Waals surface area contributed by atoms with Gasteiger partial charge in [0.15, 0.2) is 0 Å². The third kappa shape index (κ3) is 3.37. The van der Waals surface area contributed by atoms with Crippen LogP contribution in [0, 0.1) is 0 Å². The first-order chi connectivity index (χ1) is 10.0. The number of rotatable bonds is 4. The van der Waals surface area contributed by atoms with Crippen LogP contribution in [-0.4, -0.2) is 22.1 Å². The van der Waals surface area contributed by atoms with Gasteiger partial charge < -0.3 is 21.3 Å². The average Bonchev–Trinajstić information content (AvgIpc) is 2.47. The molecule has 6 heteroatoms. The molecule has 21 heavy (non-hydrogen) atoms. The van der Waals surface area contributed by atoms with E-state index in [1.54, 1.807) is 24.3 Å². The highest BCUT2D eigenvalue weighted by Gasteiger charge is 2.11. The quantitative estimate of drug-likeness (QED) is 0.684. The fourth-order valence-corrected chi connectivity index (χ4v) is 1.79. The number of carbonyl (C=O) groups is 2. The Balaban J connectivity index is 2.15. The molecular weight excluding hydrogens is 272 g/mol. The highest BCUT2D eigenvalue weighted by atomic mass is 16.4. The van der Waals surface area contributed by atoms with Crippen molar-refractivity contribution in [2.75, 3.05) is 5.32 Å². The number of carboxylic acid groups (broad SMARTS) is 1. The summed E-state index contributed by atoms with van der Waals surface area (Å²) in [5.41, 5.74) is 6.92. The summed E-state index contributed by atoms with van der Waals surface area (Å²) in [7, 11) is 0. The number of amides is 1. The maximum absolute atomic E-state index is 12.0. The first-order valence-corrected chi connectivity index (χ1v) is 6.18. The Labute approximate surface area is 120 Å². The number of carbonyl (C=O) groups excluding carboxylic acids is 1. The first kappa shape index (κ1) is 14.5. The highest BCUT2D eigenvalue weighted by Crippen LogP contribution is 2.22. The van der Waals surface area contributed by atoms with E-state index in [4.69, 9.17) is 10.8 Å². The molecule has 6 nitrogen and oxygen atoms in total. The minimum atomic E-state index is -1.23. The minimum absolute atomic E-state index is 0.222. The Morgan fingerprint density at radius 2 is 1.76 bits per heavy atom. The Kier molecular flexibility index (Phi) is 4.20. The zero-order chi connectivity index (χ0) is 15.4. The maximum atomic E-state index is 12.0. The lowest BCUT2D eigenvalue weighted by Gasteiger charge is -2.07. The topological polar surface area (TPSA) is 113 Å². The molecule has 0 bridgehead atoms. The molecule has 0 aliphatic rings. The number of aromatic hydroxyl groups is 1. The molecule has 0 radical (unpaired) electrons. The van der Waals surface area contributed by atoms with Crippen LogP contribution in [0.2, 0.25) is 0 Å². The lowest BCUT2D eigenvalue weighted by Crippen LogP contribution is -2.12. The van der Waals surface area contributed by atoms with Crippen molar-refractivity contribution in [1.82, 2.24) is 0 Å². The van der Waals surface area contributed by atoms with Gasteiger partial charge in [-0.1, -0.05) is 12.1 Å². The van der Waals surface area contributed by atoms with Crippen molar-refractivity contribution >= 4 is 17.6 Å². The van der Waals surface area contributed by atoms with Gasteiger partial charge in [-0.05, 0) is 29.8 Å². The Morgan fingerprint density at radius 3 is 2.29 bits per heavy atom. The number of anilines is 1. The van der Waals surface area contributed by atoms with Crippen LogP contribution < -0.4 is 11.1 Å². The van der Waals surface area contributed by atoms with E-state index in [1.165, 1.54) is 18.2 Å². The molecule has 2 aromatic rings. The third-order valence-corrected chi connectivity index (χ3v) is 2.94. The predicted octanol–water partition coefficient (Wildman–Crippen LogP) is 1.80. The molecule has 0 heterocycles. The van der Waals surface area contributed by atoms with Crippen molar-refractivity contribution in [3.63, 3.8) is 0 Å². The lowest BCUT2D eigenvalue weighted by atomic mass is 10.1. The molecule has 0 aliphatic carbocycles. The number of benzene rings is 2. The summed E-state index contributed by atoms with van der Waals surface area (Å²) < 4.78 is 0. The van der Waals surface area contributed by atoms with Crippen LogP contribution in [0.1, 0.15) is 26.3 Å². The molecule has 0 fully saturated rings. The van der Waals surface area contributed by atoms with Gasteiger partial charge in [0, 0.05) is 23.9 Å². The Morgan fingerprint density at radius 1 is 1.10 bits per heavy atom. The number of nitrogens with one attached hydrogen (secondary N) is 1. The summed E-state index contributed by atoms with van der Waals surface area (Å²) in [6.07, 6.45) is 0. The van der Waals surface area contributed by atoms with Crippen LogP contribution in [-0.2, 0) is 6.54 Å². The van der Waals surface area contributed by atoms with E-state index in [2.05, 4.69) is 5.32 Å². The zero-order valence-corrected chi connectivity index (χ0v) is 11.0. The molecule has 0 aromatic heterocycles. The Bertz CT molecular complexity index is 681. The van der Waals surface area contributed by atoms with E-state index in [0.29, 0.717) is 17.8 Å². The zero-order valence-electron chi connectivity index (χ0n) is 11.0. The van der Waals surface area contributed by atoms with E-state index in [9.17, 15) is 14.7 Å². The molecule has 0 saturated heterocycles. The lowest BCUT2D eigenvalue weighted by molar-refractivity contribution is 0.0693. The van der Waals surface area contributed by atoms with Crippen molar-refractivity contribution in [2.45, 2.75) is 6.54 Å². The number of nitrogens with two attached hydrogens (primary N) is 1. The van der Waals surface area contributed by atoms with Gasteiger partial charge in [-0.2, -0.15) is 0 Å². The van der Waals surface area contributed by atoms with Crippen molar-refractivity contribution in [3.05, 3.63) is 59.2 Å². The molecule has 0 unspecified atom stereocenters. The van der Waals surface area contributed by atoms with Crippen molar-refractivity contribution in [3.8, 4) is 5.75 Å². The molecule has 0 spiro atoms. The van der Waals surface area contributed by atoms with Crippen LogP contribution in [0.15, 0.2) is 42.5 Å². The third-order valence-electron chi connectivity index (χ3n) is 2.94. The van der Waals surface area contributed by atoms with Crippen LogP contribution >= 0.6 is 0 Å². The second-order valence-corrected chi connectivity index (χ2v) is 4.39. The standard InChI is InChI=1S/C15H14N2O4/c16-8-9-1-3-10(4-2-9)14(19)17-11-5-6-12(15(20)21)13(18)7-11/h1-7,18H,8,16H2,(H,17,19)(H,20,21). The fraction of sp³-hybridized carbons (Fsp3) is 0.0667. The predicted molar refractivity (Wildman–Crippen MR) is 77.4 cm³/mol. The van der Waals surface area contributed by atoms with Crippen molar-refractivity contribution < 1.29 is 19.8 Å².